The van der Waals surface area contributed by atoms with Crippen molar-refractivity contribution in [3.8, 4) is 0 Å². The monoisotopic (exact) mass is 971 g/mol. The Bertz CT molecular complexity index is 1330. The molecule has 0 saturated carbocycles. The molecule has 0 aromatic rings. The summed E-state index contributed by atoms with van der Waals surface area (Å²) >= 11 is 0. The fourth-order valence-electron chi connectivity index (χ4n) is 8.18. The summed E-state index contributed by atoms with van der Waals surface area (Å²) in [7, 11) is 0. The molecule has 2 heterocycles. The summed E-state index contributed by atoms with van der Waals surface area (Å²) in [5.41, 5.74) is 0. The minimum Gasteiger partial charge on any atom is -0.462 e. The molecule has 0 radical (unpaired) electrons. The molecule has 0 aromatic carbocycles. The van der Waals surface area contributed by atoms with Gasteiger partial charge >= 0.3 is 11.9 Å². The molecule has 68 heavy (non-hydrogen) atoms. The molecule has 7 N–H and O–H groups in total. The van der Waals surface area contributed by atoms with Gasteiger partial charge < -0.3 is 64.2 Å². The Labute approximate surface area is 408 Å². The van der Waals surface area contributed by atoms with E-state index in [1.54, 1.807) is 0 Å². The summed E-state index contributed by atoms with van der Waals surface area (Å²) in [6.07, 6.45) is 25.9. The Hall–Kier alpha value is -2.28. The third-order valence-corrected chi connectivity index (χ3v) is 12.6. The molecule has 4 unspecified atom stereocenters. The number of aliphatic hydroxyl groups excluding tert-OH is 7. The fraction of sp³-hybridized carbons (Fsp3) is 0.849. The Kier molecular flexibility index (Phi) is 36.7. The van der Waals surface area contributed by atoms with Gasteiger partial charge in [-0.25, -0.2) is 0 Å². The van der Waals surface area contributed by atoms with E-state index in [4.69, 9.17) is 28.4 Å². The van der Waals surface area contributed by atoms with Crippen LogP contribution in [0.5, 0.6) is 0 Å². The van der Waals surface area contributed by atoms with Gasteiger partial charge in [-0.1, -0.05) is 147 Å². The highest BCUT2D eigenvalue weighted by molar-refractivity contribution is 5.70. The maximum atomic E-state index is 13.0. The number of ether oxygens (including phenoxy) is 6. The molecular weight excluding hydrogens is 877 g/mol. The van der Waals surface area contributed by atoms with E-state index in [1.165, 1.54) is 89.9 Å². The van der Waals surface area contributed by atoms with Crippen LogP contribution in [0.2, 0.25) is 0 Å². The molecule has 2 rings (SSSR count). The number of esters is 2. The lowest BCUT2D eigenvalue weighted by Gasteiger charge is -2.42. The van der Waals surface area contributed by atoms with Gasteiger partial charge in [0.05, 0.1) is 19.8 Å². The Morgan fingerprint density at radius 1 is 0.471 bits per heavy atom. The van der Waals surface area contributed by atoms with Crippen molar-refractivity contribution in [3.05, 3.63) is 36.5 Å². The highest BCUT2D eigenvalue weighted by Crippen LogP contribution is 2.26. The van der Waals surface area contributed by atoms with E-state index in [9.17, 15) is 45.3 Å². The van der Waals surface area contributed by atoms with E-state index in [2.05, 4.69) is 50.3 Å². The normalized spacial score (nSPS) is 26.0. The zero-order valence-corrected chi connectivity index (χ0v) is 41.8. The van der Waals surface area contributed by atoms with Gasteiger partial charge in [0.2, 0.25) is 0 Å². The van der Waals surface area contributed by atoms with Crippen LogP contribution < -0.4 is 0 Å². The minimum absolute atomic E-state index is 0.149. The number of carbonyl (C=O) groups is 2. The van der Waals surface area contributed by atoms with Crippen molar-refractivity contribution in [1.29, 1.82) is 0 Å². The predicted octanol–water partition coefficient (Wildman–Crippen LogP) is 7.71. The molecule has 2 saturated heterocycles. The fourth-order valence-corrected chi connectivity index (χ4v) is 8.18. The van der Waals surface area contributed by atoms with E-state index in [-0.39, 0.29) is 26.1 Å². The Morgan fingerprint density at radius 3 is 1.41 bits per heavy atom. The summed E-state index contributed by atoms with van der Waals surface area (Å²) < 4.78 is 33.6. The van der Waals surface area contributed by atoms with Crippen molar-refractivity contribution in [2.75, 3.05) is 26.4 Å². The van der Waals surface area contributed by atoms with Crippen molar-refractivity contribution >= 4 is 11.9 Å². The quantitative estimate of drug-likeness (QED) is 0.0177. The minimum atomic E-state index is -1.77. The van der Waals surface area contributed by atoms with E-state index < -0.39 is 92.7 Å². The molecule has 0 aliphatic carbocycles. The van der Waals surface area contributed by atoms with Crippen molar-refractivity contribution in [1.82, 2.24) is 0 Å². The molecule has 0 amide bonds. The van der Waals surface area contributed by atoms with Gasteiger partial charge in [0.25, 0.3) is 0 Å². The van der Waals surface area contributed by atoms with Gasteiger partial charge in [-0.05, 0) is 70.6 Å². The smallest absolute Gasteiger partial charge is 0.306 e. The number of aliphatic hydroxyl groups is 7. The van der Waals surface area contributed by atoms with Crippen LogP contribution in [-0.2, 0) is 38.0 Å². The predicted molar refractivity (Wildman–Crippen MR) is 261 cm³/mol. The van der Waals surface area contributed by atoms with E-state index in [0.717, 1.165) is 64.2 Å². The standard InChI is InChI=1S/C53H94O15/c1-3-5-7-9-11-13-15-17-19-20-22-23-25-27-29-31-33-35-44(55)63-38-41(66-45(56)36-34-32-30-28-26-24-21-18-16-14-12-10-8-6-4-2)39-64-52-51(62)49(60)47(58)43(68-52)40-65-53-50(61)48(59)46(57)42(37-54)67-53/h12-15,18,21,41-43,46-54,57-62H,3-11,16-17,19-20,22-40H2,1-2H3/b14-12+,15-13+,21-18+/t41-,42+,43+,46-,47-,48?,49?,50?,51?,52+,53+/m0/s1. The van der Waals surface area contributed by atoms with Crippen LogP contribution in [0.4, 0.5) is 0 Å². The van der Waals surface area contributed by atoms with Crippen LogP contribution in [0.3, 0.4) is 0 Å². The largest absolute Gasteiger partial charge is 0.462 e. The van der Waals surface area contributed by atoms with Gasteiger partial charge in [-0.15, -0.1) is 0 Å². The highest BCUT2D eigenvalue weighted by Gasteiger charge is 2.47. The zero-order chi connectivity index (χ0) is 49.6. The van der Waals surface area contributed by atoms with Crippen LogP contribution in [0.1, 0.15) is 194 Å². The van der Waals surface area contributed by atoms with Gasteiger partial charge in [-0.2, -0.15) is 0 Å². The molecule has 2 fully saturated rings. The molecule has 2 aliphatic heterocycles. The molecule has 15 heteroatoms. The molecule has 2 aliphatic rings. The van der Waals surface area contributed by atoms with Crippen LogP contribution in [0, 0.1) is 0 Å². The van der Waals surface area contributed by atoms with E-state index in [0.29, 0.717) is 12.8 Å². The molecule has 0 spiro atoms. The van der Waals surface area contributed by atoms with Crippen molar-refractivity contribution < 1.29 is 73.8 Å². The number of hydrogen-bond acceptors (Lipinski definition) is 15. The maximum absolute atomic E-state index is 13.0. The summed E-state index contributed by atoms with van der Waals surface area (Å²) in [5, 5.41) is 72.1. The van der Waals surface area contributed by atoms with Gasteiger partial charge in [0, 0.05) is 12.8 Å². The summed E-state index contributed by atoms with van der Waals surface area (Å²) in [4.78, 5) is 25.8. The van der Waals surface area contributed by atoms with Crippen LogP contribution in [0.15, 0.2) is 36.5 Å². The maximum Gasteiger partial charge on any atom is 0.306 e. The highest BCUT2D eigenvalue weighted by atomic mass is 16.7. The van der Waals surface area contributed by atoms with Gasteiger partial charge in [0.15, 0.2) is 18.7 Å². The molecule has 0 aromatic heterocycles. The van der Waals surface area contributed by atoms with Crippen LogP contribution >= 0.6 is 0 Å². The van der Waals surface area contributed by atoms with Crippen LogP contribution in [0.25, 0.3) is 0 Å². The molecule has 15 nitrogen and oxygen atoms in total. The number of unbranched alkanes of at least 4 members (excludes halogenated alkanes) is 21. The molecule has 0 bridgehead atoms. The molecule has 396 valence electrons. The lowest BCUT2D eigenvalue weighted by atomic mass is 9.98. The van der Waals surface area contributed by atoms with Crippen molar-refractivity contribution in [2.24, 2.45) is 0 Å². The first-order valence-electron chi connectivity index (χ1n) is 26.6. The average molecular weight is 971 g/mol. The summed E-state index contributed by atoms with van der Waals surface area (Å²) in [6, 6.07) is 0. The molecular formula is C53H94O15. The number of hydrogen-bond donors (Lipinski definition) is 7. The first-order valence-corrected chi connectivity index (χ1v) is 26.6. The topological polar surface area (TPSA) is 231 Å². The third kappa shape index (κ3) is 27.9. The van der Waals surface area contributed by atoms with Gasteiger partial charge in [-0.3, -0.25) is 9.59 Å². The number of rotatable bonds is 41. The third-order valence-electron chi connectivity index (χ3n) is 12.6. The second-order valence-corrected chi connectivity index (χ2v) is 18.7. The zero-order valence-electron chi connectivity index (χ0n) is 41.8. The van der Waals surface area contributed by atoms with E-state index in [1.807, 2.05) is 0 Å². The van der Waals surface area contributed by atoms with Crippen molar-refractivity contribution in [3.63, 3.8) is 0 Å². The molecule has 11 atom stereocenters. The Balaban J connectivity index is 1.80. The van der Waals surface area contributed by atoms with Crippen LogP contribution in [-0.4, -0.2) is 142 Å². The number of allylic oxidation sites excluding steroid dienone is 6. The summed E-state index contributed by atoms with van der Waals surface area (Å²) in [6.45, 7) is 2.54. The average Bonchev–Trinajstić information content (AvgIpc) is 3.33. The number of carbonyl (C=O) groups excluding carboxylic acids is 2. The second-order valence-electron chi connectivity index (χ2n) is 18.7. The van der Waals surface area contributed by atoms with Gasteiger partial charge in [0.1, 0.15) is 55.4 Å². The second kappa shape index (κ2) is 40.3. The van der Waals surface area contributed by atoms with E-state index >= 15 is 0 Å². The Morgan fingerprint density at radius 2 is 0.882 bits per heavy atom. The van der Waals surface area contributed by atoms with Crippen molar-refractivity contribution in [2.45, 2.75) is 261 Å². The first kappa shape index (κ1) is 61.8. The first-order chi connectivity index (χ1) is 33.0. The lowest BCUT2D eigenvalue weighted by molar-refractivity contribution is -0.332. The summed E-state index contributed by atoms with van der Waals surface area (Å²) in [5.74, 6) is -0.940. The SMILES string of the molecule is CCCCC/C=C/C/C=C/CCCCCCCC(=O)O[C@@H](COC(=O)CCCCCCCCCCC/C=C/CCCCCC)CO[C@@H]1O[C@H](CO[C@@H]2O[C@H](CO)[C@H](O)C(O)C2O)[C@H](O)C(O)C1O. The lowest BCUT2D eigenvalue weighted by Crippen LogP contribution is -2.61.